The first-order valence-electron chi connectivity index (χ1n) is 12.9. The molecule has 0 bridgehead atoms. The van der Waals surface area contributed by atoms with Crippen LogP contribution < -0.4 is 4.90 Å². The molecule has 13 heteroatoms. The molecule has 0 radical (unpaired) electrons. The third kappa shape index (κ3) is 6.23. The Kier molecular flexibility index (Phi) is 7.77. The Morgan fingerprint density at radius 1 is 0.854 bits per heavy atom. The van der Waals surface area contributed by atoms with E-state index in [0.29, 0.717) is 24.2 Å². The standard InChI is InChI=1S/C17H19FN4O2.C11H10FN3O2/c1-17(18)13-9-21(10-14(13)17)15-4-3-11(5-19-15)7-22-8-12(6-20-22)16(23)24-2;1-17-11(16)9-5-14-15(7-9)6-8-2-3-10(12)13-4-8/h3-6,8,13-14H,7,9-10H2,1-2H3;2-5,7H,6H2,1H3. The smallest absolute Gasteiger partial charge is 0.341 e. The fourth-order valence-electron chi connectivity index (χ4n) is 4.92. The maximum absolute atomic E-state index is 13.9. The molecule has 1 aliphatic carbocycles. The summed E-state index contributed by atoms with van der Waals surface area (Å²) in [6.45, 7) is 4.13. The molecule has 2 unspecified atom stereocenters. The minimum atomic E-state index is -0.978. The molecule has 0 aromatic carbocycles. The first-order chi connectivity index (χ1) is 19.7. The van der Waals surface area contributed by atoms with Crippen molar-refractivity contribution in [1.82, 2.24) is 29.5 Å². The Morgan fingerprint density at radius 2 is 1.37 bits per heavy atom. The van der Waals surface area contributed by atoms with Gasteiger partial charge in [-0.05, 0) is 30.2 Å². The van der Waals surface area contributed by atoms with Crippen LogP contribution >= 0.6 is 0 Å². The van der Waals surface area contributed by atoms with Crippen LogP contribution in [0.2, 0.25) is 0 Å². The third-order valence-corrected chi connectivity index (χ3v) is 7.38. The first kappa shape index (κ1) is 27.9. The van der Waals surface area contributed by atoms with Crippen molar-refractivity contribution in [2.24, 2.45) is 11.8 Å². The summed E-state index contributed by atoms with van der Waals surface area (Å²) in [5, 5.41) is 8.15. The van der Waals surface area contributed by atoms with Gasteiger partial charge in [0.05, 0.1) is 50.8 Å². The summed E-state index contributed by atoms with van der Waals surface area (Å²) in [7, 11) is 2.65. The summed E-state index contributed by atoms with van der Waals surface area (Å²) < 4.78 is 38.9. The molecule has 1 saturated carbocycles. The van der Waals surface area contributed by atoms with E-state index in [1.54, 1.807) is 40.9 Å². The average Bonchev–Trinajstić information content (AvgIpc) is 3.58. The number of nitrogens with zero attached hydrogens (tertiary/aromatic N) is 7. The molecule has 2 aliphatic rings. The lowest BCUT2D eigenvalue weighted by Gasteiger charge is -2.21. The molecular weight excluding hydrogens is 536 g/mol. The number of anilines is 1. The highest BCUT2D eigenvalue weighted by atomic mass is 19.1. The fourth-order valence-corrected chi connectivity index (χ4v) is 4.92. The number of hydrogen-bond acceptors (Lipinski definition) is 9. The molecule has 0 spiro atoms. The first-order valence-corrected chi connectivity index (χ1v) is 12.9. The van der Waals surface area contributed by atoms with Gasteiger partial charge in [-0.2, -0.15) is 14.6 Å². The van der Waals surface area contributed by atoms with Crippen LogP contribution in [0.3, 0.4) is 0 Å². The molecular formula is C28H29F2N7O4. The number of alkyl halides is 1. The number of methoxy groups -OCH3 is 2. The molecule has 11 nitrogen and oxygen atoms in total. The van der Waals surface area contributed by atoms with Gasteiger partial charge < -0.3 is 14.4 Å². The van der Waals surface area contributed by atoms with E-state index in [2.05, 4.69) is 34.5 Å². The molecule has 4 aromatic heterocycles. The number of piperidine rings is 1. The van der Waals surface area contributed by atoms with Gasteiger partial charge in [0, 0.05) is 49.7 Å². The number of rotatable bonds is 7. The van der Waals surface area contributed by atoms with E-state index >= 15 is 0 Å². The normalized spacial score (nSPS) is 20.6. The zero-order chi connectivity index (χ0) is 29.1. The van der Waals surface area contributed by atoms with Crippen molar-refractivity contribution in [1.29, 1.82) is 0 Å². The summed E-state index contributed by atoms with van der Waals surface area (Å²) >= 11 is 0. The molecule has 5 heterocycles. The number of aromatic nitrogens is 6. The topological polar surface area (TPSA) is 117 Å². The molecule has 214 valence electrons. The van der Waals surface area contributed by atoms with Crippen LogP contribution in [0, 0.1) is 17.8 Å². The number of carbonyl (C=O) groups is 2. The van der Waals surface area contributed by atoms with E-state index in [9.17, 15) is 18.4 Å². The van der Waals surface area contributed by atoms with Crippen molar-refractivity contribution in [3.8, 4) is 0 Å². The monoisotopic (exact) mass is 565 g/mol. The summed E-state index contributed by atoms with van der Waals surface area (Å²) in [4.78, 5) is 32.8. The average molecular weight is 566 g/mol. The highest BCUT2D eigenvalue weighted by molar-refractivity contribution is 5.89. The molecule has 41 heavy (non-hydrogen) atoms. The van der Waals surface area contributed by atoms with E-state index in [1.807, 2.05) is 12.1 Å². The van der Waals surface area contributed by atoms with E-state index in [0.717, 1.165) is 30.0 Å². The lowest BCUT2D eigenvalue weighted by atomic mass is 10.2. The van der Waals surface area contributed by atoms with Gasteiger partial charge in [-0.3, -0.25) is 9.36 Å². The molecule has 0 amide bonds. The van der Waals surface area contributed by atoms with E-state index in [1.165, 1.54) is 38.9 Å². The molecule has 6 rings (SSSR count). The zero-order valence-electron chi connectivity index (χ0n) is 22.8. The molecule has 0 N–H and O–H groups in total. The second-order valence-electron chi connectivity index (χ2n) is 10.1. The Bertz CT molecular complexity index is 1500. The minimum absolute atomic E-state index is 0.153. The van der Waals surface area contributed by atoms with Gasteiger partial charge in [0.25, 0.3) is 0 Å². The highest BCUT2D eigenvalue weighted by Crippen LogP contribution is 2.58. The number of hydrogen-bond donors (Lipinski definition) is 0. The molecule has 4 aromatic rings. The predicted octanol–water partition coefficient (Wildman–Crippen LogP) is 3.16. The van der Waals surface area contributed by atoms with Gasteiger partial charge in [-0.1, -0.05) is 12.1 Å². The van der Waals surface area contributed by atoms with Crippen molar-refractivity contribution in [3.63, 3.8) is 0 Å². The van der Waals surface area contributed by atoms with Crippen LogP contribution in [0.25, 0.3) is 0 Å². The van der Waals surface area contributed by atoms with E-state index < -0.39 is 23.6 Å². The second-order valence-corrected chi connectivity index (χ2v) is 10.1. The maximum Gasteiger partial charge on any atom is 0.341 e. The summed E-state index contributed by atoms with van der Waals surface area (Å²) in [5.41, 5.74) is 1.60. The van der Waals surface area contributed by atoms with Crippen LogP contribution in [0.4, 0.5) is 14.6 Å². The SMILES string of the molecule is COC(=O)c1cnn(Cc2ccc(F)nc2)c1.COC(=O)c1cnn(Cc2ccc(N3CC4C(C3)C4(C)F)nc2)c1. The minimum Gasteiger partial charge on any atom is -0.465 e. The zero-order valence-corrected chi connectivity index (χ0v) is 22.8. The van der Waals surface area contributed by atoms with Crippen molar-refractivity contribution in [2.45, 2.75) is 25.7 Å². The van der Waals surface area contributed by atoms with Crippen molar-refractivity contribution < 1.29 is 27.8 Å². The Hall–Kier alpha value is -4.68. The number of pyridine rings is 2. The summed E-state index contributed by atoms with van der Waals surface area (Å²) in [5.74, 6) is -0.169. The van der Waals surface area contributed by atoms with Crippen LogP contribution in [0.5, 0.6) is 0 Å². The highest BCUT2D eigenvalue weighted by Gasteiger charge is 2.66. The fraction of sp³-hybridized carbons (Fsp3) is 0.357. The number of carbonyl (C=O) groups excluding carboxylic acids is 2. The lowest BCUT2D eigenvalue weighted by Crippen LogP contribution is -2.28. The number of ether oxygens (including phenoxy) is 2. The van der Waals surface area contributed by atoms with Gasteiger partial charge in [-0.15, -0.1) is 0 Å². The quantitative estimate of drug-likeness (QED) is 0.246. The van der Waals surface area contributed by atoms with Crippen LogP contribution in [-0.4, -0.2) is 74.4 Å². The van der Waals surface area contributed by atoms with Crippen LogP contribution in [-0.2, 0) is 22.6 Å². The van der Waals surface area contributed by atoms with Gasteiger partial charge in [-0.25, -0.2) is 23.9 Å². The van der Waals surface area contributed by atoms with Crippen molar-refractivity contribution in [2.75, 3.05) is 32.2 Å². The largest absolute Gasteiger partial charge is 0.465 e. The number of fused-ring (bicyclic) bond motifs is 1. The summed E-state index contributed by atoms with van der Waals surface area (Å²) in [6.07, 6.45) is 9.34. The van der Waals surface area contributed by atoms with E-state index in [4.69, 9.17) is 0 Å². The van der Waals surface area contributed by atoms with Crippen molar-refractivity contribution >= 4 is 17.8 Å². The van der Waals surface area contributed by atoms with Gasteiger partial charge in [0.1, 0.15) is 11.5 Å². The Labute approximate surface area is 234 Å². The van der Waals surface area contributed by atoms with Crippen molar-refractivity contribution in [3.05, 3.63) is 89.6 Å². The molecule has 1 saturated heterocycles. The molecule has 2 atom stereocenters. The van der Waals surface area contributed by atoms with Crippen LogP contribution in [0.15, 0.2) is 61.4 Å². The summed E-state index contributed by atoms with van der Waals surface area (Å²) in [6, 6.07) is 6.84. The Balaban J connectivity index is 0.000000175. The molecule has 2 fully saturated rings. The van der Waals surface area contributed by atoms with Gasteiger partial charge in [0.15, 0.2) is 0 Å². The van der Waals surface area contributed by atoms with Gasteiger partial charge in [0.2, 0.25) is 5.95 Å². The second kappa shape index (κ2) is 11.4. The lowest BCUT2D eigenvalue weighted by molar-refractivity contribution is 0.0591. The van der Waals surface area contributed by atoms with Crippen LogP contribution in [0.1, 0.15) is 38.8 Å². The van der Waals surface area contributed by atoms with E-state index in [-0.39, 0.29) is 11.8 Å². The molecule has 1 aliphatic heterocycles. The van der Waals surface area contributed by atoms with Gasteiger partial charge >= 0.3 is 11.9 Å². The number of halogens is 2. The Morgan fingerprint density at radius 3 is 1.80 bits per heavy atom. The number of esters is 2. The maximum atomic E-state index is 13.9. The predicted molar refractivity (Wildman–Crippen MR) is 142 cm³/mol. The third-order valence-electron chi connectivity index (χ3n) is 7.38.